The lowest BCUT2D eigenvalue weighted by Gasteiger charge is -2.07. The molecule has 0 radical (unpaired) electrons. The summed E-state index contributed by atoms with van der Waals surface area (Å²) < 4.78 is 0. The molecule has 3 aliphatic rings. The first-order chi connectivity index (χ1) is 16.0. The van der Waals surface area contributed by atoms with Crippen molar-refractivity contribution >= 4 is 0 Å². The van der Waals surface area contributed by atoms with E-state index in [9.17, 15) is 0 Å². The van der Waals surface area contributed by atoms with Gasteiger partial charge in [-0.3, -0.25) is 0 Å². The van der Waals surface area contributed by atoms with E-state index in [4.69, 9.17) is 0 Å². The molecule has 0 bridgehead atoms. The third-order valence-corrected chi connectivity index (χ3v) is 6.01. The Bertz CT molecular complexity index is 1300. The van der Waals surface area contributed by atoms with E-state index >= 15 is 0 Å². The van der Waals surface area contributed by atoms with Crippen LogP contribution < -0.4 is 0 Å². The lowest BCUT2D eigenvalue weighted by Crippen LogP contribution is -1.95. The molecule has 0 aromatic heterocycles. The smallest absolute Gasteiger partial charge is 0.0424 e. The Morgan fingerprint density at radius 1 is 0.727 bits per heavy atom. The number of rotatable bonds is 0. The minimum absolute atomic E-state index is 0.264. The quantitative estimate of drug-likeness (QED) is 0.378. The molecular formula is C33H30. The fourth-order valence-electron chi connectivity index (χ4n) is 3.82. The summed E-state index contributed by atoms with van der Waals surface area (Å²) in [6.45, 7) is 6.52. The average molecular weight is 427 g/mol. The second-order valence-corrected chi connectivity index (χ2v) is 9.15. The van der Waals surface area contributed by atoms with E-state index in [1.54, 1.807) is 0 Å². The fraction of sp³-hybridized carbons (Fsp3) is 0.273. The molecule has 1 aromatic carbocycles. The van der Waals surface area contributed by atoms with Crippen LogP contribution in [0.15, 0.2) is 89.1 Å². The molecular weight excluding hydrogens is 396 g/mol. The molecule has 0 aliphatic heterocycles. The summed E-state index contributed by atoms with van der Waals surface area (Å²) in [5, 5.41) is 0. The number of hydrogen-bond acceptors (Lipinski definition) is 0. The molecule has 0 heterocycles. The highest BCUT2D eigenvalue weighted by Crippen LogP contribution is 2.19. The van der Waals surface area contributed by atoms with Crippen molar-refractivity contribution in [2.24, 2.45) is 11.8 Å². The van der Waals surface area contributed by atoms with Gasteiger partial charge in [-0.2, -0.15) is 0 Å². The van der Waals surface area contributed by atoms with Gasteiger partial charge >= 0.3 is 0 Å². The first kappa shape index (κ1) is 22.5. The lowest BCUT2D eigenvalue weighted by atomic mass is 9.97. The molecule has 4 rings (SSSR count). The van der Waals surface area contributed by atoms with Crippen molar-refractivity contribution in [3.05, 3.63) is 106 Å². The van der Waals surface area contributed by atoms with Gasteiger partial charge in [0.15, 0.2) is 0 Å². The normalized spacial score (nSPS) is 21.1. The fourth-order valence-corrected chi connectivity index (χ4v) is 3.82. The molecule has 2 unspecified atom stereocenters. The third-order valence-electron chi connectivity index (χ3n) is 6.01. The first-order valence-electron chi connectivity index (χ1n) is 11.8. The van der Waals surface area contributed by atoms with Gasteiger partial charge in [0.25, 0.3) is 0 Å². The maximum absolute atomic E-state index is 3.41. The molecule has 0 fully saturated rings. The van der Waals surface area contributed by atoms with E-state index in [0.717, 1.165) is 47.9 Å². The van der Waals surface area contributed by atoms with Gasteiger partial charge in [-0.15, -0.1) is 0 Å². The summed E-state index contributed by atoms with van der Waals surface area (Å²) in [4.78, 5) is 0. The van der Waals surface area contributed by atoms with Crippen LogP contribution in [-0.2, 0) is 0 Å². The summed E-state index contributed by atoms with van der Waals surface area (Å²) >= 11 is 0. The third kappa shape index (κ3) is 6.91. The van der Waals surface area contributed by atoms with Crippen molar-refractivity contribution in [1.82, 2.24) is 0 Å². The van der Waals surface area contributed by atoms with E-state index in [2.05, 4.69) is 123 Å². The van der Waals surface area contributed by atoms with Crippen molar-refractivity contribution in [2.75, 3.05) is 0 Å². The maximum atomic E-state index is 3.41. The first-order valence-corrected chi connectivity index (χ1v) is 11.8. The van der Waals surface area contributed by atoms with Gasteiger partial charge in [-0.1, -0.05) is 102 Å². The summed E-state index contributed by atoms with van der Waals surface area (Å²) in [7, 11) is 0. The molecule has 33 heavy (non-hydrogen) atoms. The Kier molecular flexibility index (Phi) is 7.36. The molecule has 0 nitrogen and oxygen atoms in total. The zero-order chi connectivity index (χ0) is 23.0. The molecule has 0 amide bonds. The van der Waals surface area contributed by atoms with Gasteiger partial charge < -0.3 is 0 Å². The van der Waals surface area contributed by atoms with E-state index < -0.39 is 0 Å². The molecule has 1 aromatic rings. The Morgan fingerprint density at radius 3 is 2.12 bits per heavy atom. The van der Waals surface area contributed by atoms with Crippen LogP contribution in [0.4, 0.5) is 0 Å². The summed E-state index contributed by atoms with van der Waals surface area (Å²) in [5.74, 6) is 21.0. The van der Waals surface area contributed by atoms with Crippen molar-refractivity contribution in [2.45, 2.75) is 46.5 Å². The summed E-state index contributed by atoms with van der Waals surface area (Å²) in [5.41, 5.74) is 7.90. The molecule has 0 spiro atoms. The Balaban J connectivity index is 1.62. The zero-order valence-electron chi connectivity index (χ0n) is 19.8. The van der Waals surface area contributed by atoms with Crippen LogP contribution in [0.2, 0.25) is 0 Å². The van der Waals surface area contributed by atoms with Gasteiger partial charge in [0, 0.05) is 33.8 Å². The van der Waals surface area contributed by atoms with Crippen LogP contribution in [0.5, 0.6) is 0 Å². The van der Waals surface area contributed by atoms with Crippen LogP contribution in [0.3, 0.4) is 0 Å². The second-order valence-electron chi connectivity index (χ2n) is 9.15. The molecule has 0 saturated carbocycles. The van der Waals surface area contributed by atoms with E-state index in [-0.39, 0.29) is 5.92 Å². The molecule has 0 heteroatoms. The van der Waals surface area contributed by atoms with Crippen LogP contribution in [0, 0.1) is 47.4 Å². The molecule has 2 atom stereocenters. The highest BCUT2D eigenvalue weighted by Gasteiger charge is 2.05. The van der Waals surface area contributed by atoms with Gasteiger partial charge in [0.2, 0.25) is 0 Å². The minimum Gasteiger partial charge on any atom is -0.0900 e. The largest absolute Gasteiger partial charge is 0.0900 e. The van der Waals surface area contributed by atoms with Crippen molar-refractivity contribution < 1.29 is 0 Å². The number of hydrogen-bond donors (Lipinski definition) is 0. The predicted octanol–water partition coefficient (Wildman–Crippen LogP) is 7.45. The van der Waals surface area contributed by atoms with Crippen LogP contribution in [-0.4, -0.2) is 0 Å². The average Bonchev–Trinajstić information content (AvgIpc) is 2.83. The van der Waals surface area contributed by atoms with E-state index in [1.165, 1.54) is 16.7 Å². The monoisotopic (exact) mass is 426 g/mol. The van der Waals surface area contributed by atoms with Gasteiger partial charge in [-0.05, 0) is 63.6 Å². The lowest BCUT2D eigenvalue weighted by molar-refractivity contribution is 0.734. The van der Waals surface area contributed by atoms with Gasteiger partial charge in [-0.25, -0.2) is 0 Å². The number of allylic oxidation sites excluding steroid dienone is 12. The Labute approximate surface area is 199 Å². The zero-order valence-corrected chi connectivity index (χ0v) is 19.8. The van der Waals surface area contributed by atoms with Gasteiger partial charge in [0.1, 0.15) is 0 Å². The van der Waals surface area contributed by atoms with Crippen LogP contribution in [0.1, 0.15) is 63.1 Å². The van der Waals surface area contributed by atoms with Crippen LogP contribution >= 0.6 is 0 Å². The SMILES string of the molecule is CC1=CCC(C#Cc2cc(C#CC3=CCC(C)C=C3)cc(C#CC3=CC=C(C)CC3)c2)C=C1. The molecule has 0 N–H and O–H groups in total. The van der Waals surface area contributed by atoms with E-state index in [0.29, 0.717) is 5.92 Å². The van der Waals surface area contributed by atoms with Crippen molar-refractivity contribution in [1.29, 1.82) is 0 Å². The standard InChI is InChI=1S/C33H30/c1-25-4-10-28(11-5-25)16-19-31-22-32(20-17-29-12-6-26(2)7-13-29)24-33(23-31)21-18-30-14-8-27(3)9-15-30/h4-6,8,10,12-14,22-24,26,28H,7,9,11,15H2,1-3H3. The second kappa shape index (κ2) is 10.8. The van der Waals surface area contributed by atoms with Crippen molar-refractivity contribution in [3.8, 4) is 35.5 Å². The summed E-state index contributed by atoms with van der Waals surface area (Å²) in [6.07, 6.45) is 21.6. The minimum atomic E-state index is 0.264. The maximum Gasteiger partial charge on any atom is 0.0424 e. The summed E-state index contributed by atoms with van der Waals surface area (Å²) in [6, 6.07) is 6.25. The highest BCUT2D eigenvalue weighted by atomic mass is 14.1. The molecule has 0 saturated heterocycles. The highest BCUT2D eigenvalue weighted by molar-refractivity contribution is 5.55. The molecule has 162 valence electrons. The topological polar surface area (TPSA) is 0 Å². The Morgan fingerprint density at radius 2 is 1.48 bits per heavy atom. The number of benzene rings is 1. The Hall–Kier alpha value is -3.66. The van der Waals surface area contributed by atoms with Crippen molar-refractivity contribution in [3.63, 3.8) is 0 Å². The van der Waals surface area contributed by atoms with Crippen LogP contribution in [0.25, 0.3) is 0 Å². The predicted molar refractivity (Wildman–Crippen MR) is 140 cm³/mol. The van der Waals surface area contributed by atoms with Gasteiger partial charge in [0.05, 0.1) is 0 Å². The van der Waals surface area contributed by atoms with E-state index in [1.807, 2.05) is 0 Å². The molecule has 3 aliphatic carbocycles.